The molecular weight excluding hydrogens is 202 g/mol. The lowest BCUT2D eigenvalue weighted by molar-refractivity contribution is 0.637. The van der Waals surface area contributed by atoms with E-state index in [2.05, 4.69) is 27.9 Å². The van der Waals surface area contributed by atoms with Gasteiger partial charge in [0.25, 0.3) is 0 Å². The van der Waals surface area contributed by atoms with Crippen LogP contribution in [-0.2, 0) is 13.0 Å². The molecule has 1 N–H and O–H groups in total. The van der Waals surface area contributed by atoms with Crippen LogP contribution >= 0.6 is 24.0 Å². The van der Waals surface area contributed by atoms with Crippen molar-refractivity contribution in [2.45, 2.75) is 26.3 Å². The molecule has 0 bridgehead atoms. The maximum Gasteiger partial charge on any atom is 0.195 e. The number of thioether (sulfide) groups is 1. The van der Waals surface area contributed by atoms with E-state index in [-0.39, 0.29) is 0 Å². The number of aryl methyl sites for hydroxylation is 1. The Labute approximate surface area is 87.9 Å². The van der Waals surface area contributed by atoms with Gasteiger partial charge in [-0.15, -0.1) is 0 Å². The molecule has 13 heavy (non-hydrogen) atoms. The van der Waals surface area contributed by atoms with Gasteiger partial charge in [-0.2, -0.15) is 16.9 Å². The standard InChI is InChI=1S/C8H15N3S2/c1-3-5-11-7(4-6-13-2)9-10-8(11)12/h3-6H2,1-2H3,(H,10,12). The SMILES string of the molecule is CCCn1c(CCSC)n[nH]c1=S. The molecule has 0 unspecified atom stereocenters. The van der Waals surface area contributed by atoms with Crippen LogP contribution in [0, 0.1) is 4.77 Å². The van der Waals surface area contributed by atoms with Gasteiger partial charge in [0, 0.05) is 18.7 Å². The number of hydrogen-bond donors (Lipinski definition) is 1. The number of hydrogen-bond acceptors (Lipinski definition) is 3. The summed E-state index contributed by atoms with van der Waals surface area (Å²) in [6.45, 7) is 3.12. The Hall–Kier alpha value is -0.290. The molecule has 0 saturated heterocycles. The minimum absolute atomic E-state index is 0.748. The van der Waals surface area contributed by atoms with Gasteiger partial charge in [0.05, 0.1) is 0 Å². The van der Waals surface area contributed by atoms with Gasteiger partial charge < -0.3 is 4.57 Å². The highest BCUT2D eigenvalue weighted by atomic mass is 32.2. The number of H-pyrrole nitrogens is 1. The smallest absolute Gasteiger partial charge is 0.195 e. The first-order valence-electron chi connectivity index (χ1n) is 4.42. The van der Waals surface area contributed by atoms with Crippen LogP contribution < -0.4 is 0 Å². The van der Waals surface area contributed by atoms with Gasteiger partial charge in [0.2, 0.25) is 0 Å². The molecule has 5 heteroatoms. The minimum atomic E-state index is 0.748. The summed E-state index contributed by atoms with van der Waals surface area (Å²) in [6.07, 6.45) is 4.19. The van der Waals surface area contributed by atoms with Gasteiger partial charge in [-0.05, 0) is 24.9 Å². The Morgan fingerprint density at radius 2 is 2.38 bits per heavy atom. The Kier molecular flexibility index (Phi) is 4.52. The number of rotatable bonds is 5. The van der Waals surface area contributed by atoms with Gasteiger partial charge in [-0.25, -0.2) is 0 Å². The highest BCUT2D eigenvalue weighted by Crippen LogP contribution is 2.04. The molecule has 1 heterocycles. The number of aromatic amines is 1. The topological polar surface area (TPSA) is 33.6 Å². The van der Waals surface area contributed by atoms with Crippen LogP contribution in [0.3, 0.4) is 0 Å². The molecular formula is C8H15N3S2. The van der Waals surface area contributed by atoms with E-state index in [0.29, 0.717) is 0 Å². The molecule has 0 atom stereocenters. The largest absolute Gasteiger partial charge is 0.304 e. The van der Waals surface area contributed by atoms with E-state index in [0.717, 1.165) is 35.7 Å². The van der Waals surface area contributed by atoms with Gasteiger partial charge >= 0.3 is 0 Å². The summed E-state index contributed by atoms with van der Waals surface area (Å²) in [5.41, 5.74) is 0. The molecule has 1 rings (SSSR count). The van der Waals surface area contributed by atoms with E-state index >= 15 is 0 Å². The molecule has 0 aliphatic rings. The minimum Gasteiger partial charge on any atom is -0.304 e. The van der Waals surface area contributed by atoms with Crippen LogP contribution in [0.15, 0.2) is 0 Å². The lowest BCUT2D eigenvalue weighted by Crippen LogP contribution is -2.04. The number of nitrogens with zero attached hydrogens (tertiary/aromatic N) is 2. The lowest BCUT2D eigenvalue weighted by atomic mass is 10.4. The fourth-order valence-corrected chi connectivity index (χ4v) is 1.82. The maximum atomic E-state index is 5.13. The first-order valence-corrected chi connectivity index (χ1v) is 6.22. The summed E-state index contributed by atoms with van der Waals surface area (Å²) in [5.74, 6) is 2.18. The van der Waals surface area contributed by atoms with Crippen molar-refractivity contribution in [3.63, 3.8) is 0 Å². The zero-order valence-corrected chi connectivity index (χ0v) is 9.67. The van der Waals surface area contributed by atoms with Gasteiger partial charge in [-0.3, -0.25) is 5.10 Å². The molecule has 0 spiro atoms. The van der Waals surface area contributed by atoms with Crippen molar-refractivity contribution in [2.75, 3.05) is 12.0 Å². The lowest BCUT2D eigenvalue weighted by Gasteiger charge is -2.03. The average molecular weight is 217 g/mol. The molecule has 3 nitrogen and oxygen atoms in total. The van der Waals surface area contributed by atoms with Crippen molar-refractivity contribution in [3.05, 3.63) is 10.6 Å². The number of nitrogens with one attached hydrogen (secondary N) is 1. The van der Waals surface area contributed by atoms with Crippen molar-refractivity contribution in [3.8, 4) is 0 Å². The zero-order chi connectivity index (χ0) is 9.68. The highest BCUT2D eigenvalue weighted by Gasteiger charge is 2.03. The van der Waals surface area contributed by atoms with E-state index in [1.165, 1.54) is 0 Å². The molecule has 74 valence electrons. The monoisotopic (exact) mass is 217 g/mol. The van der Waals surface area contributed by atoms with Crippen LogP contribution in [0.1, 0.15) is 19.2 Å². The van der Waals surface area contributed by atoms with E-state index in [9.17, 15) is 0 Å². The normalized spacial score (nSPS) is 10.6. The molecule has 1 aromatic heterocycles. The molecule has 1 aromatic rings. The second-order valence-corrected chi connectivity index (χ2v) is 4.21. The quantitative estimate of drug-likeness (QED) is 0.768. The predicted octanol–water partition coefficient (Wildman–Crippen LogP) is 2.26. The average Bonchev–Trinajstić information content (AvgIpc) is 2.46. The summed E-state index contributed by atoms with van der Waals surface area (Å²) < 4.78 is 2.84. The second-order valence-electron chi connectivity index (χ2n) is 2.84. The molecule has 0 aliphatic carbocycles. The van der Waals surface area contributed by atoms with Gasteiger partial charge in [0.1, 0.15) is 5.82 Å². The fourth-order valence-electron chi connectivity index (χ4n) is 1.19. The Morgan fingerprint density at radius 3 is 3.00 bits per heavy atom. The summed E-state index contributed by atoms with van der Waals surface area (Å²) in [5, 5.41) is 7.04. The fraction of sp³-hybridized carbons (Fsp3) is 0.750. The molecule has 0 fully saturated rings. The Balaban J connectivity index is 2.74. The van der Waals surface area contributed by atoms with E-state index in [1.807, 2.05) is 11.8 Å². The maximum absolute atomic E-state index is 5.13. The highest BCUT2D eigenvalue weighted by molar-refractivity contribution is 7.98. The molecule has 0 aromatic carbocycles. The van der Waals surface area contributed by atoms with Crippen molar-refractivity contribution in [1.29, 1.82) is 0 Å². The van der Waals surface area contributed by atoms with Crippen molar-refractivity contribution in [2.24, 2.45) is 0 Å². The third-order valence-electron chi connectivity index (χ3n) is 1.81. The third kappa shape index (κ3) is 2.84. The van der Waals surface area contributed by atoms with Crippen LogP contribution in [-0.4, -0.2) is 26.8 Å². The second kappa shape index (κ2) is 5.44. The number of aromatic nitrogens is 3. The first kappa shape index (κ1) is 10.8. The van der Waals surface area contributed by atoms with Crippen LogP contribution in [0.4, 0.5) is 0 Å². The third-order valence-corrected chi connectivity index (χ3v) is 2.74. The van der Waals surface area contributed by atoms with Crippen molar-refractivity contribution < 1.29 is 0 Å². The summed E-state index contributed by atoms with van der Waals surface area (Å²) in [7, 11) is 0. The van der Waals surface area contributed by atoms with E-state index in [1.54, 1.807) is 0 Å². The predicted molar refractivity (Wildman–Crippen MR) is 59.8 cm³/mol. The Bertz CT molecular complexity index is 303. The Morgan fingerprint density at radius 1 is 1.62 bits per heavy atom. The van der Waals surface area contributed by atoms with Crippen molar-refractivity contribution in [1.82, 2.24) is 14.8 Å². The van der Waals surface area contributed by atoms with E-state index < -0.39 is 0 Å². The van der Waals surface area contributed by atoms with Crippen LogP contribution in [0.5, 0.6) is 0 Å². The van der Waals surface area contributed by atoms with Gasteiger partial charge in [0.15, 0.2) is 4.77 Å². The summed E-state index contributed by atoms with van der Waals surface area (Å²) in [6, 6.07) is 0. The van der Waals surface area contributed by atoms with Crippen LogP contribution in [0.2, 0.25) is 0 Å². The first-order chi connectivity index (χ1) is 6.29. The molecule has 0 amide bonds. The molecule has 0 aliphatic heterocycles. The van der Waals surface area contributed by atoms with Gasteiger partial charge in [-0.1, -0.05) is 6.92 Å². The zero-order valence-electron chi connectivity index (χ0n) is 8.04. The summed E-state index contributed by atoms with van der Waals surface area (Å²) in [4.78, 5) is 0. The van der Waals surface area contributed by atoms with Crippen molar-refractivity contribution >= 4 is 24.0 Å². The summed E-state index contributed by atoms with van der Waals surface area (Å²) >= 11 is 6.96. The molecule has 0 radical (unpaired) electrons. The van der Waals surface area contributed by atoms with E-state index in [4.69, 9.17) is 12.2 Å². The molecule has 0 saturated carbocycles. The van der Waals surface area contributed by atoms with Crippen LogP contribution in [0.25, 0.3) is 0 Å².